The Balaban J connectivity index is 1.77. The van der Waals surface area contributed by atoms with E-state index in [0.29, 0.717) is 30.1 Å². The average Bonchev–Trinajstić information content (AvgIpc) is 3.07. The van der Waals surface area contributed by atoms with E-state index in [9.17, 15) is 9.59 Å². The van der Waals surface area contributed by atoms with Crippen LogP contribution in [0.5, 0.6) is 0 Å². The smallest absolute Gasteiger partial charge is 0.410 e. The van der Waals surface area contributed by atoms with Gasteiger partial charge < -0.3 is 19.2 Å². The van der Waals surface area contributed by atoms with Crippen LogP contribution < -0.4 is 0 Å². The lowest BCUT2D eigenvalue weighted by Gasteiger charge is -2.29. The van der Waals surface area contributed by atoms with Gasteiger partial charge in [0.15, 0.2) is 0 Å². The summed E-state index contributed by atoms with van der Waals surface area (Å²) in [4.78, 5) is 24.6. The number of benzene rings is 1. The summed E-state index contributed by atoms with van der Waals surface area (Å²) in [5, 5.41) is 17.0. The molecule has 0 bridgehead atoms. The van der Waals surface area contributed by atoms with Crippen LogP contribution in [-0.4, -0.2) is 51.0 Å². The van der Waals surface area contributed by atoms with Crippen molar-refractivity contribution in [3.63, 3.8) is 0 Å². The van der Waals surface area contributed by atoms with Gasteiger partial charge in [0.2, 0.25) is 11.8 Å². The number of rotatable bonds is 4. The predicted octanol–water partition coefficient (Wildman–Crippen LogP) is 4.04. The van der Waals surface area contributed by atoms with Gasteiger partial charge in [-0.3, -0.25) is 4.79 Å². The molecule has 1 aliphatic rings. The van der Waals surface area contributed by atoms with Crippen molar-refractivity contribution in [3.8, 4) is 11.5 Å². The minimum atomic E-state index is -1.05. The average molecular weight is 420 g/mol. The number of halogens is 1. The van der Waals surface area contributed by atoms with Crippen molar-refractivity contribution in [1.82, 2.24) is 15.1 Å². The summed E-state index contributed by atoms with van der Waals surface area (Å²) in [5.74, 6) is -0.815. The second-order valence-corrected chi connectivity index (χ2v) is 8.14. The first-order valence-electron chi connectivity index (χ1n) is 9.13. The molecule has 154 valence electrons. The Morgan fingerprint density at radius 3 is 2.59 bits per heavy atom. The molecule has 3 rings (SSSR count). The second kappa shape index (κ2) is 8.24. The first-order valence-corrected chi connectivity index (χ1v) is 9.51. The molecule has 8 nitrogen and oxygen atoms in total. The molecule has 0 radical (unpaired) electrons. The van der Waals surface area contributed by atoms with Crippen molar-refractivity contribution < 1.29 is 23.8 Å². The molecule has 9 heteroatoms. The van der Waals surface area contributed by atoms with Gasteiger partial charge in [0.25, 0.3) is 0 Å². The van der Waals surface area contributed by atoms with Crippen molar-refractivity contribution in [2.24, 2.45) is 0 Å². The molecular formula is C20H22ClN3O5. The van der Waals surface area contributed by atoms with Crippen LogP contribution in [0.2, 0.25) is 5.02 Å². The lowest BCUT2D eigenvalue weighted by molar-refractivity contribution is -0.136. The SMILES string of the molecule is CC(C)(C)OC(=O)N1CC=C(c2cc(Cl)cc(-c3nnc(CC(=O)O)o3)c2)CC1. The number of ether oxygens (including phenoxy) is 1. The topological polar surface area (TPSA) is 106 Å². The van der Waals surface area contributed by atoms with Gasteiger partial charge in [0, 0.05) is 23.7 Å². The number of aliphatic carboxylic acids is 1. The van der Waals surface area contributed by atoms with Crippen molar-refractivity contribution in [3.05, 3.63) is 40.8 Å². The Labute approximate surface area is 173 Å². The van der Waals surface area contributed by atoms with E-state index in [-0.39, 0.29) is 24.3 Å². The highest BCUT2D eigenvalue weighted by Crippen LogP contribution is 2.30. The van der Waals surface area contributed by atoms with Gasteiger partial charge in [-0.25, -0.2) is 4.79 Å². The van der Waals surface area contributed by atoms with Gasteiger partial charge in [-0.1, -0.05) is 17.7 Å². The van der Waals surface area contributed by atoms with Crippen molar-refractivity contribution in [1.29, 1.82) is 0 Å². The number of hydrogen-bond donors (Lipinski definition) is 1. The van der Waals surface area contributed by atoms with Crippen LogP contribution in [0.4, 0.5) is 4.79 Å². The molecule has 2 heterocycles. The Morgan fingerprint density at radius 2 is 1.97 bits per heavy atom. The largest absolute Gasteiger partial charge is 0.481 e. The third-order valence-electron chi connectivity index (χ3n) is 4.15. The van der Waals surface area contributed by atoms with E-state index in [2.05, 4.69) is 10.2 Å². The van der Waals surface area contributed by atoms with Gasteiger partial charge >= 0.3 is 12.1 Å². The third-order valence-corrected chi connectivity index (χ3v) is 4.36. The number of carboxylic acids is 1. The fourth-order valence-corrected chi connectivity index (χ4v) is 3.13. The summed E-state index contributed by atoms with van der Waals surface area (Å²) < 4.78 is 10.8. The molecule has 1 amide bonds. The number of carbonyl (C=O) groups excluding carboxylic acids is 1. The number of amides is 1. The molecule has 1 N–H and O–H groups in total. The van der Waals surface area contributed by atoms with Crippen molar-refractivity contribution in [2.75, 3.05) is 13.1 Å². The van der Waals surface area contributed by atoms with Crippen LogP contribution in [0.3, 0.4) is 0 Å². The fourth-order valence-electron chi connectivity index (χ4n) is 2.89. The zero-order valence-electron chi connectivity index (χ0n) is 16.4. The lowest BCUT2D eigenvalue weighted by Crippen LogP contribution is -2.39. The third kappa shape index (κ3) is 5.57. The Kier molecular flexibility index (Phi) is 5.93. The van der Waals surface area contributed by atoms with Crippen LogP contribution in [0, 0.1) is 0 Å². The van der Waals surface area contributed by atoms with E-state index >= 15 is 0 Å². The number of aromatic nitrogens is 2. The van der Waals surface area contributed by atoms with Gasteiger partial charge in [-0.15, -0.1) is 10.2 Å². The molecule has 29 heavy (non-hydrogen) atoms. The number of hydrogen-bond acceptors (Lipinski definition) is 6. The van der Waals surface area contributed by atoms with E-state index in [1.807, 2.05) is 39.0 Å². The molecule has 0 saturated carbocycles. The summed E-state index contributed by atoms with van der Waals surface area (Å²) in [6, 6.07) is 5.37. The van der Waals surface area contributed by atoms with E-state index in [1.165, 1.54) is 0 Å². The normalized spacial score (nSPS) is 14.5. The summed E-state index contributed by atoms with van der Waals surface area (Å²) in [6.45, 7) is 6.48. The maximum Gasteiger partial charge on any atom is 0.410 e. The van der Waals surface area contributed by atoms with E-state index in [0.717, 1.165) is 11.1 Å². The second-order valence-electron chi connectivity index (χ2n) is 7.71. The van der Waals surface area contributed by atoms with Crippen molar-refractivity contribution in [2.45, 2.75) is 39.2 Å². The molecule has 0 aliphatic carbocycles. The number of nitrogens with zero attached hydrogens (tertiary/aromatic N) is 3. The summed E-state index contributed by atoms with van der Waals surface area (Å²) in [5.41, 5.74) is 1.99. The Hall–Kier alpha value is -2.87. The Bertz CT molecular complexity index is 961. The number of carboxylic acid groups (broad SMARTS) is 1. The molecular weight excluding hydrogens is 398 g/mol. The summed E-state index contributed by atoms with van der Waals surface area (Å²) in [7, 11) is 0. The van der Waals surface area contributed by atoms with Gasteiger partial charge in [-0.05, 0) is 56.5 Å². The maximum absolute atomic E-state index is 12.2. The van der Waals surface area contributed by atoms with E-state index in [4.69, 9.17) is 25.9 Å². The zero-order valence-corrected chi connectivity index (χ0v) is 17.2. The highest BCUT2D eigenvalue weighted by Gasteiger charge is 2.24. The van der Waals surface area contributed by atoms with Gasteiger partial charge in [0.1, 0.15) is 12.0 Å². The molecule has 1 aromatic carbocycles. The molecule has 2 aromatic rings. The highest BCUT2D eigenvalue weighted by molar-refractivity contribution is 6.31. The molecule has 1 aromatic heterocycles. The molecule has 0 saturated heterocycles. The van der Waals surface area contributed by atoms with Crippen LogP contribution in [0.15, 0.2) is 28.7 Å². The zero-order chi connectivity index (χ0) is 21.2. The molecule has 0 atom stereocenters. The monoisotopic (exact) mass is 419 g/mol. The first kappa shape index (κ1) is 20.9. The van der Waals surface area contributed by atoms with Crippen LogP contribution in [0.25, 0.3) is 17.0 Å². The molecule has 0 unspecified atom stereocenters. The predicted molar refractivity (Wildman–Crippen MR) is 106 cm³/mol. The first-order chi connectivity index (χ1) is 13.6. The van der Waals surface area contributed by atoms with Gasteiger partial charge in [0.05, 0.1) is 0 Å². The molecule has 0 spiro atoms. The van der Waals surface area contributed by atoms with E-state index < -0.39 is 11.6 Å². The summed E-state index contributed by atoms with van der Waals surface area (Å²) in [6.07, 6.45) is 1.93. The van der Waals surface area contributed by atoms with Crippen LogP contribution >= 0.6 is 11.6 Å². The standard InChI is InChI=1S/C20H22ClN3O5/c1-20(2,3)29-19(27)24-6-4-12(5-7-24)13-8-14(10-15(21)9-13)18-23-22-16(28-18)11-17(25)26/h4,8-10H,5-7,11H2,1-3H3,(H,25,26). The van der Waals surface area contributed by atoms with Gasteiger partial charge in [-0.2, -0.15) is 0 Å². The highest BCUT2D eigenvalue weighted by atomic mass is 35.5. The summed E-state index contributed by atoms with van der Waals surface area (Å²) >= 11 is 6.27. The van der Waals surface area contributed by atoms with E-state index in [1.54, 1.807) is 11.0 Å². The molecule has 0 fully saturated rings. The lowest BCUT2D eigenvalue weighted by atomic mass is 9.98. The van der Waals surface area contributed by atoms with Crippen molar-refractivity contribution >= 4 is 29.2 Å². The maximum atomic E-state index is 12.2. The minimum absolute atomic E-state index is 0.0268. The fraction of sp³-hybridized carbons (Fsp3) is 0.400. The molecule has 1 aliphatic heterocycles. The minimum Gasteiger partial charge on any atom is -0.481 e. The number of carbonyl (C=O) groups is 2. The Morgan fingerprint density at radius 1 is 1.24 bits per heavy atom. The quantitative estimate of drug-likeness (QED) is 0.796. The van der Waals surface area contributed by atoms with Crippen LogP contribution in [0.1, 0.15) is 38.6 Å². The van der Waals surface area contributed by atoms with Crippen LogP contribution in [-0.2, 0) is 16.0 Å².